The van der Waals surface area contributed by atoms with Gasteiger partial charge in [-0.2, -0.15) is 31.4 Å². The van der Waals surface area contributed by atoms with Crippen molar-refractivity contribution in [3.63, 3.8) is 0 Å². The number of Topliss-reactive ketones (excluding diaryl/α,β-unsaturated/α-hetero) is 1. The zero-order valence-corrected chi connectivity index (χ0v) is 26.7. The Kier molecular flexibility index (Phi) is 10.8. The van der Waals surface area contributed by atoms with Crippen LogP contribution in [0.2, 0.25) is 25.7 Å². The van der Waals surface area contributed by atoms with Crippen molar-refractivity contribution in [1.29, 1.82) is 0 Å². The van der Waals surface area contributed by atoms with Crippen molar-refractivity contribution in [2.45, 2.75) is 64.0 Å². The fourth-order valence-electron chi connectivity index (χ4n) is 5.17. The maximum absolute atomic E-state index is 13.9. The first kappa shape index (κ1) is 35.3. The Balaban J connectivity index is 1.28. The molecule has 2 aromatic rings. The van der Waals surface area contributed by atoms with E-state index in [9.17, 15) is 40.7 Å². The maximum Gasteiger partial charge on any atom is 0.425 e. The van der Waals surface area contributed by atoms with E-state index in [4.69, 9.17) is 9.47 Å². The Labute approximate surface area is 261 Å². The van der Waals surface area contributed by atoms with Crippen LogP contribution in [0.4, 0.5) is 32.3 Å². The van der Waals surface area contributed by atoms with E-state index in [0.717, 1.165) is 12.2 Å². The van der Waals surface area contributed by atoms with Crippen molar-refractivity contribution >= 4 is 25.7 Å². The molecule has 3 heterocycles. The van der Waals surface area contributed by atoms with Gasteiger partial charge in [-0.15, -0.1) is 0 Å². The first-order valence-corrected chi connectivity index (χ1v) is 18.5. The number of halogens is 6. The van der Waals surface area contributed by atoms with E-state index in [1.165, 1.54) is 0 Å². The molecule has 0 radical (unpaired) electrons. The third kappa shape index (κ3) is 9.04. The van der Waals surface area contributed by atoms with Crippen LogP contribution in [0.15, 0.2) is 23.4 Å². The Morgan fingerprint density at radius 2 is 1.57 bits per heavy atom. The Bertz CT molecular complexity index is 1440. The molecule has 2 aliphatic rings. The van der Waals surface area contributed by atoms with Gasteiger partial charge in [-0.05, 0) is 18.9 Å². The molecule has 1 amide bonds. The molecule has 2 fully saturated rings. The third-order valence-corrected chi connectivity index (χ3v) is 9.62. The normalized spacial score (nSPS) is 19.5. The smallest absolute Gasteiger partial charge is 0.425 e. The number of hydrogen-bond donors (Lipinski definition) is 0. The molecular weight excluding hydrogens is 642 g/mol. The van der Waals surface area contributed by atoms with E-state index in [-0.39, 0.29) is 56.8 Å². The average molecular weight is 679 g/mol. The highest BCUT2D eigenvalue weighted by molar-refractivity contribution is 6.76. The summed E-state index contributed by atoms with van der Waals surface area (Å²) in [5.74, 6) is -2.67. The molecule has 0 spiro atoms. The van der Waals surface area contributed by atoms with Gasteiger partial charge < -0.3 is 19.3 Å². The molecule has 2 aromatic heterocycles. The van der Waals surface area contributed by atoms with Crippen LogP contribution in [-0.2, 0) is 33.4 Å². The minimum Gasteiger partial charge on any atom is -0.490 e. The topological polar surface area (TPSA) is 120 Å². The number of carbonyl (C=O) groups excluding carboxylic acids is 2. The van der Waals surface area contributed by atoms with E-state index in [0.29, 0.717) is 29.9 Å². The van der Waals surface area contributed by atoms with Crippen LogP contribution in [0.5, 0.6) is 5.75 Å². The van der Waals surface area contributed by atoms with E-state index < -0.39 is 68.0 Å². The zero-order valence-electron chi connectivity index (χ0n) is 25.7. The highest BCUT2D eigenvalue weighted by Crippen LogP contribution is 2.35. The molecular formula is C28H36F6N6O5Si. The second-order valence-electron chi connectivity index (χ2n) is 12.6. The van der Waals surface area contributed by atoms with E-state index in [1.54, 1.807) is 9.80 Å². The van der Waals surface area contributed by atoms with Crippen LogP contribution in [0.3, 0.4) is 0 Å². The van der Waals surface area contributed by atoms with E-state index >= 15 is 0 Å². The molecule has 1 aliphatic carbocycles. The van der Waals surface area contributed by atoms with Gasteiger partial charge in [0.15, 0.2) is 11.3 Å². The summed E-state index contributed by atoms with van der Waals surface area (Å²) in [4.78, 5) is 49.3. The molecule has 18 heteroatoms. The van der Waals surface area contributed by atoms with Crippen molar-refractivity contribution in [1.82, 2.24) is 24.6 Å². The second-order valence-corrected chi connectivity index (χ2v) is 18.2. The lowest BCUT2D eigenvalue weighted by Gasteiger charge is -2.35. The Morgan fingerprint density at radius 3 is 2.15 bits per heavy atom. The highest BCUT2D eigenvalue weighted by Gasteiger charge is 2.41. The highest BCUT2D eigenvalue weighted by atomic mass is 28.3. The van der Waals surface area contributed by atoms with E-state index in [2.05, 4.69) is 34.7 Å². The van der Waals surface area contributed by atoms with Gasteiger partial charge in [-0.1, -0.05) is 19.6 Å². The number of piperazine rings is 1. The molecule has 11 nitrogen and oxygen atoms in total. The van der Waals surface area contributed by atoms with Crippen molar-refractivity contribution in [3.05, 3.63) is 40.1 Å². The predicted molar refractivity (Wildman–Crippen MR) is 155 cm³/mol. The SMILES string of the molecule is C[Si](C)(C)CCOCn1ncc(OCC2CCC(CC(=O)N3CCN(c4ncc(C(F)(F)F)cn4)CC3)C2=O)c(C(F)(F)F)c1=O. The van der Waals surface area contributed by atoms with Crippen LogP contribution in [0.25, 0.3) is 0 Å². The summed E-state index contributed by atoms with van der Waals surface area (Å²) in [5.41, 5.74) is -3.91. The molecule has 2 unspecified atom stereocenters. The van der Waals surface area contributed by atoms with Gasteiger partial charge in [0, 0.05) is 65.6 Å². The molecule has 1 saturated carbocycles. The van der Waals surface area contributed by atoms with Gasteiger partial charge in [-0.3, -0.25) is 14.4 Å². The third-order valence-electron chi connectivity index (χ3n) is 7.91. The molecule has 0 aromatic carbocycles. The Morgan fingerprint density at radius 1 is 0.935 bits per heavy atom. The number of ketones is 1. The molecule has 0 N–H and O–H groups in total. The predicted octanol–water partition coefficient (Wildman–Crippen LogP) is 4.10. The summed E-state index contributed by atoms with van der Waals surface area (Å²) in [6.07, 6.45) is -6.84. The van der Waals surface area contributed by atoms with Gasteiger partial charge in [0.05, 0.1) is 24.3 Å². The molecule has 0 bridgehead atoms. The van der Waals surface area contributed by atoms with E-state index in [1.807, 2.05) is 0 Å². The van der Waals surface area contributed by atoms with Gasteiger partial charge in [0.1, 0.15) is 12.5 Å². The maximum atomic E-state index is 13.9. The zero-order chi connectivity index (χ0) is 33.9. The number of ether oxygens (including phenoxy) is 2. The summed E-state index contributed by atoms with van der Waals surface area (Å²) in [5, 5.41) is 3.77. The van der Waals surface area contributed by atoms with Gasteiger partial charge in [-0.25, -0.2) is 14.6 Å². The first-order chi connectivity index (χ1) is 21.4. The fraction of sp³-hybridized carbons (Fsp3) is 0.643. The molecule has 1 saturated heterocycles. The van der Waals surface area contributed by atoms with Gasteiger partial charge in [0.25, 0.3) is 5.56 Å². The number of amides is 1. The largest absolute Gasteiger partial charge is 0.490 e. The average Bonchev–Trinajstić information content (AvgIpc) is 3.31. The van der Waals surface area contributed by atoms with Crippen molar-refractivity contribution in [3.8, 4) is 5.75 Å². The van der Waals surface area contributed by atoms with Crippen LogP contribution >= 0.6 is 0 Å². The molecule has 46 heavy (non-hydrogen) atoms. The first-order valence-electron chi connectivity index (χ1n) is 14.8. The fourth-order valence-corrected chi connectivity index (χ4v) is 5.93. The van der Waals surface area contributed by atoms with Crippen molar-refractivity contribution < 1.29 is 45.4 Å². The number of aromatic nitrogens is 4. The number of carbonyl (C=O) groups is 2. The standard InChI is InChI=1S/C28H36F6N6O5Si/c1-46(2,3)11-10-44-17-40-25(43)23(28(32,33)34)21(15-37-40)45-16-19-5-4-18(24(19)42)12-22(41)38-6-8-39(9-7-38)26-35-13-20(14-36-26)27(29,30)31/h13-15,18-19H,4-12,16-17H2,1-3H3. The summed E-state index contributed by atoms with van der Waals surface area (Å²) < 4.78 is 91.2. The second kappa shape index (κ2) is 14.1. The quantitative estimate of drug-likeness (QED) is 0.197. The number of rotatable bonds is 11. The van der Waals surface area contributed by atoms with Gasteiger partial charge >= 0.3 is 12.4 Å². The molecule has 2 atom stereocenters. The minimum absolute atomic E-state index is 0.0881. The summed E-state index contributed by atoms with van der Waals surface area (Å²) >= 11 is 0. The van der Waals surface area contributed by atoms with Crippen molar-refractivity contribution in [2.24, 2.45) is 11.8 Å². The summed E-state index contributed by atoms with van der Waals surface area (Å²) in [6.45, 7) is 6.83. The number of hydrogen-bond acceptors (Lipinski definition) is 9. The van der Waals surface area contributed by atoms with Crippen LogP contribution < -0.4 is 15.2 Å². The monoisotopic (exact) mass is 678 g/mol. The lowest BCUT2D eigenvalue weighted by atomic mass is 9.99. The molecule has 1 aliphatic heterocycles. The number of anilines is 1. The summed E-state index contributed by atoms with van der Waals surface area (Å²) in [6, 6.07) is 0.759. The van der Waals surface area contributed by atoms with Gasteiger partial charge in [0.2, 0.25) is 11.9 Å². The van der Waals surface area contributed by atoms with Crippen LogP contribution in [-0.4, -0.2) is 83.8 Å². The van der Waals surface area contributed by atoms with Crippen LogP contribution in [0.1, 0.15) is 30.4 Å². The number of nitrogens with zero attached hydrogens (tertiary/aromatic N) is 6. The number of alkyl halides is 6. The van der Waals surface area contributed by atoms with Crippen molar-refractivity contribution in [2.75, 3.05) is 44.3 Å². The lowest BCUT2D eigenvalue weighted by molar-refractivity contribution is -0.141. The Hall–Kier alpha value is -3.54. The van der Waals surface area contributed by atoms with Crippen LogP contribution in [0, 0.1) is 11.8 Å². The molecule has 4 rings (SSSR count). The lowest BCUT2D eigenvalue weighted by Crippen LogP contribution is -2.49. The minimum atomic E-state index is -5.03. The molecule has 254 valence electrons. The summed E-state index contributed by atoms with van der Waals surface area (Å²) in [7, 11) is -1.45.